The molecule has 20 heavy (non-hydrogen) atoms. The standard InChI is InChI=1S/C16H14F4/c1-2-6-12-11(13-7-3-4-10-15(13)17)8-5-9-14(12)16(18,19)20/h3-5,7-10H,2,6H2,1H3. The van der Waals surface area contributed by atoms with E-state index < -0.39 is 17.6 Å². The van der Waals surface area contributed by atoms with Crippen LogP contribution in [0.3, 0.4) is 0 Å². The fraction of sp³-hybridized carbons (Fsp3) is 0.250. The molecule has 2 aromatic carbocycles. The molecule has 0 atom stereocenters. The van der Waals surface area contributed by atoms with Crippen molar-refractivity contribution in [2.75, 3.05) is 0 Å². The zero-order valence-electron chi connectivity index (χ0n) is 11.0. The van der Waals surface area contributed by atoms with Crippen LogP contribution in [0.15, 0.2) is 42.5 Å². The predicted molar refractivity (Wildman–Crippen MR) is 70.8 cm³/mol. The maximum Gasteiger partial charge on any atom is 0.416 e. The Morgan fingerprint density at radius 1 is 0.900 bits per heavy atom. The number of halogens is 4. The van der Waals surface area contributed by atoms with Gasteiger partial charge in [0.15, 0.2) is 0 Å². The van der Waals surface area contributed by atoms with Gasteiger partial charge in [0.2, 0.25) is 0 Å². The Hall–Kier alpha value is -1.84. The average molecular weight is 282 g/mol. The first-order valence-electron chi connectivity index (χ1n) is 6.39. The second-order valence-electron chi connectivity index (χ2n) is 4.56. The lowest BCUT2D eigenvalue weighted by Crippen LogP contribution is -2.10. The van der Waals surface area contributed by atoms with E-state index in [1.807, 2.05) is 0 Å². The predicted octanol–water partition coefficient (Wildman–Crippen LogP) is 5.46. The second-order valence-corrected chi connectivity index (χ2v) is 4.56. The monoisotopic (exact) mass is 282 g/mol. The van der Waals surface area contributed by atoms with Gasteiger partial charge in [-0.3, -0.25) is 0 Å². The first-order valence-corrected chi connectivity index (χ1v) is 6.39. The molecule has 0 fully saturated rings. The maximum absolute atomic E-state index is 13.8. The van der Waals surface area contributed by atoms with Crippen molar-refractivity contribution in [1.29, 1.82) is 0 Å². The van der Waals surface area contributed by atoms with Gasteiger partial charge in [-0.1, -0.05) is 43.7 Å². The summed E-state index contributed by atoms with van der Waals surface area (Å²) < 4.78 is 53.1. The van der Waals surface area contributed by atoms with Gasteiger partial charge in [0.25, 0.3) is 0 Å². The molecule has 0 N–H and O–H groups in total. The molecule has 2 rings (SSSR count). The van der Waals surface area contributed by atoms with Crippen LogP contribution in [0.4, 0.5) is 17.6 Å². The maximum atomic E-state index is 13.8. The van der Waals surface area contributed by atoms with E-state index in [0.717, 1.165) is 6.07 Å². The van der Waals surface area contributed by atoms with Gasteiger partial charge in [-0.25, -0.2) is 4.39 Å². The van der Waals surface area contributed by atoms with Crippen molar-refractivity contribution in [2.45, 2.75) is 25.9 Å². The Labute approximate surface area is 115 Å². The van der Waals surface area contributed by atoms with E-state index in [4.69, 9.17) is 0 Å². The van der Waals surface area contributed by atoms with E-state index in [9.17, 15) is 17.6 Å². The van der Waals surface area contributed by atoms with Crippen molar-refractivity contribution in [3.05, 3.63) is 59.4 Å². The fourth-order valence-corrected chi connectivity index (χ4v) is 2.30. The second kappa shape index (κ2) is 5.65. The molecule has 4 heteroatoms. The van der Waals surface area contributed by atoms with Crippen LogP contribution in [0.5, 0.6) is 0 Å². The molecular formula is C16H14F4. The molecule has 0 aliphatic carbocycles. The summed E-state index contributed by atoms with van der Waals surface area (Å²) >= 11 is 0. The van der Waals surface area contributed by atoms with E-state index >= 15 is 0 Å². The van der Waals surface area contributed by atoms with Gasteiger partial charge < -0.3 is 0 Å². The summed E-state index contributed by atoms with van der Waals surface area (Å²) in [5, 5.41) is 0. The molecule has 0 bridgehead atoms. The van der Waals surface area contributed by atoms with E-state index in [2.05, 4.69) is 0 Å². The Balaban J connectivity index is 2.68. The van der Waals surface area contributed by atoms with E-state index in [-0.39, 0.29) is 17.5 Å². The number of hydrogen-bond donors (Lipinski definition) is 0. The summed E-state index contributed by atoms with van der Waals surface area (Å²) in [7, 11) is 0. The molecule has 0 saturated carbocycles. The molecule has 0 nitrogen and oxygen atoms in total. The van der Waals surface area contributed by atoms with Gasteiger partial charge in [0, 0.05) is 5.56 Å². The Morgan fingerprint density at radius 3 is 2.15 bits per heavy atom. The molecule has 0 aliphatic rings. The van der Waals surface area contributed by atoms with Gasteiger partial charge in [-0.05, 0) is 29.7 Å². The molecule has 0 saturated heterocycles. The van der Waals surface area contributed by atoms with Crippen LogP contribution in [0, 0.1) is 5.82 Å². The Kier molecular flexibility index (Phi) is 4.12. The first kappa shape index (κ1) is 14.6. The largest absolute Gasteiger partial charge is 0.416 e. The lowest BCUT2D eigenvalue weighted by atomic mass is 9.92. The van der Waals surface area contributed by atoms with Crippen molar-refractivity contribution in [3.8, 4) is 11.1 Å². The van der Waals surface area contributed by atoms with Crippen molar-refractivity contribution >= 4 is 0 Å². The highest BCUT2D eigenvalue weighted by Gasteiger charge is 2.34. The Bertz CT molecular complexity index is 600. The minimum absolute atomic E-state index is 0.160. The van der Waals surface area contributed by atoms with Crippen LogP contribution in [-0.2, 0) is 12.6 Å². The minimum atomic E-state index is -4.42. The van der Waals surface area contributed by atoms with Gasteiger partial charge >= 0.3 is 6.18 Å². The molecule has 0 spiro atoms. The summed E-state index contributed by atoms with van der Waals surface area (Å²) in [5.41, 5.74) is 0.00882. The van der Waals surface area contributed by atoms with Gasteiger partial charge in [0.1, 0.15) is 5.82 Å². The zero-order chi connectivity index (χ0) is 14.8. The summed E-state index contributed by atoms with van der Waals surface area (Å²) in [6, 6.07) is 9.81. The topological polar surface area (TPSA) is 0 Å². The van der Waals surface area contributed by atoms with E-state index in [1.165, 1.54) is 24.3 Å². The van der Waals surface area contributed by atoms with Crippen LogP contribution in [0.2, 0.25) is 0 Å². The minimum Gasteiger partial charge on any atom is -0.206 e. The first-order chi connectivity index (χ1) is 9.45. The van der Waals surface area contributed by atoms with Crippen LogP contribution in [-0.4, -0.2) is 0 Å². The van der Waals surface area contributed by atoms with Crippen molar-refractivity contribution < 1.29 is 17.6 Å². The molecule has 2 aromatic rings. The third-order valence-electron chi connectivity index (χ3n) is 3.15. The summed E-state index contributed by atoms with van der Waals surface area (Å²) in [6.07, 6.45) is -3.60. The lowest BCUT2D eigenvalue weighted by molar-refractivity contribution is -0.138. The highest BCUT2D eigenvalue weighted by atomic mass is 19.4. The number of benzene rings is 2. The van der Waals surface area contributed by atoms with Crippen LogP contribution < -0.4 is 0 Å². The van der Waals surface area contributed by atoms with Crippen LogP contribution in [0.25, 0.3) is 11.1 Å². The quantitative estimate of drug-likeness (QED) is 0.655. The molecule has 0 aliphatic heterocycles. The lowest BCUT2D eigenvalue weighted by Gasteiger charge is -2.17. The van der Waals surface area contributed by atoms with Gasteiger partial charge in [-0.2, -0.15) is 13.2 Å². The van der Waals surface area contributed by atoms with Crippen molar-refractivity contribution in [3.63, 3.8) is 0 Å². The third kappa shape index (κ3) is 2.84. The van der Waals surface area contributed by atoms with E-state index in [0.29, 0.717) is 12.0 Å². The molecule has 0 amide bonds. The third-order valence-corrected chi connectivity index (χ3v) is 3.15. The SMILES string of the molecule is CCCc1c(-c2ccccc2F)cccc1C(F)(F)F. The highest BCUT2D eigenvalue weighted by Crippen LogP contribution is 2.37. The van der Waals surface area contributed by atoms with Crippen LogP contribution in [0.1, 0.15) is 24.5 Å². The summed E-state index contributed by atoms with van der Waals surface area (Å²) in [4.78, 5) is 0. The highest BCUT2D eigenvalue weighted by molar-refractivity contribution is 5.69. The number of rotatable bonds is 3. The number of hydrogen-bond acceptors (Lipinski definition) is 0. The molecular weight excluding hydrogens is 268 g/mol. The van der Waals surface area contributed by atoms with Crippen LogP contribution >= 0.6 is 0 Å². The molecule has 0 radical (unpaired) electrons. The average Bonchev–Trinajstić information content (AvgIpc) is 2.39. The number of alkyl halides is 3. The van der Waals surface area contributed by atoms with Crippen molar-refractivity contribution in [2.24, 2.45) is 0 Å². The van der Waals surface area contributed by atoms with E-state index in [1.54, 1.807) is 19.1 Å². The van der Waals surface area contributed by atoms with Gasteiger partial charge in [0.05, 0.1) is 5.56 Å². The molecule has 0 unspecified atom stereocenters. The molecule has 106 valence electrons. The summed E-state index contributed by atoms with van der Waals surface area (Å²) in [5.74, 6) is -0.510. The summed E-state index contributed by atoms with van der Waals surface area (Å²) in [6.45, 7) is 1.80. The Morgan fingerprint density at radius 2 is 1.55 bits per heavy atom. The zero-order valence-corrected chi connectivity index (χ0v) is 11.0. The molecule has 0 aromatic heterocycles. The normalized spacial score (nSPS) is 11.7. The fourth-order valence-electron chi connectivity index (χ4n) is 2.30. The molecule has 0 heterocycles. The van der Waals surface area contributed by atoms with Gasteiger partial charge in [-0.15, -0.1) is 0 Å². The van der Waals surface area contributed by atoms with Crippen molar-refractivity contribution in [1.82, 2.24) is 0 Å². The smallest absolute Gasteiger partial charge is 0.206 e.